The summed E-state index contributed by atoms with van der Waals surface area (Å²) in [6.45, 7) is 2.25. The van der Waals surface area contributed by atoms with Crippen LogP contribution in [0.4, 0.5) is 0 Å². The van der Waals surface area contributed by atoms with E-state index >= 15 is 0 Å². The van der Waals surface area contributed by atoms with E-state index < -0.39 is 5.97 Å². The normalized spacial score (nSPS) is 29.6. The van der Waals surface area contributed by atoms with Crippen LogP contribution in [0.3, 0.4) is 0 Å². The first-order valence-electron chi connectivity index (χ1n) is 5.91. The zero-order valence-electron chi connectivity index (χ0n) is 9.32. The van der Waals surface area contributed by atoms with Gasteiger partial charge in [0, 0.05) is 19.5 Å². The standard InChI is InChI=1S/C11H18N2O3/c14-10(15)6-8-3-5-13(7-8)11(16)9-2-1-4-12-9/h8-9,12H,1-7H2,(H,14,15)/t8?,9-/m1/s1. The molecule has 2 saturated heterocycles. The molecule has 2 heterocycles. The second-order valence-electron chi connectivity index (χ2n) is 4.69. The summed E-state index contributed by atoms with van der Waals surface area (Å²) in [4.78, 5) is 24.4. The number of carboxylic acid groups (broad SMARTS) is 1. The van der Waals surface area contributed by atoms with Gasteiger partial charge in [-0.1, -0.05) is 0 Å². The van der Waals surface area contributed by atoms with Crippen molar-refractivity contribution in [3.05, 3.63) is 0 Å². The molecule has 2 fully saturated rings. The summed E-state index contributed by atoms with van der Waals surface area (Å²) in [5.41, 5.74) is 0. The van der Waals surface area contributed by atoms with Gasteiger partial charge in [0.2, 0.25) is 5.91 Å². The highest BCUT2D eigenvalue weighted by molar-refractivity contribution is 5.82. The Labute approximate surface area is 94.8 Å². The summed E-state index contributed by atoms with van der Waals surface area (Å²) in [6.07, 6.45) is 2.98. The van der Waals surface area contributed by atoms with Crippen LogP contribution in [0, 0.1) is 5.92 Å². The molecule has 1 unspecified atom stereocenters. The van der Waals surface area contributed by atoms with E-state index in [1.165, 1.54) is 0 Å². The molecule has 0 aromatic carbocycles. The molecule has 1 amide bonds. The van der Waals surface area contributed by atoms with Crippen LogP contribution in [-0.2, 0) is 9.59 Å². The van der Waals surface area contributed by atoms with E-state index in [-0.39, 0.29) is 24.3 Å². The van der Waals surface area contributed by atoms with Crippen molar-refractivity contribution in [1.82, 2.24) is 10.2 Å². The molecule has 0 spiro atoms. The average molecular weight is 226 g/mol. The van der Waals surface area contributed by atoms with E-state index in [2.05, 4.69) is 5.32 Å². The van der Waals surface area contributed by atoms with Crippen LogP contribution in [0.2, 0.25) is 0 Å². The average Bonchev–Trinajstić information content (AvgIpc) is 2.84. The molecule has 5 nitrogen and oxygen atoms in total. The van der Waals surface area contributed by atoms with E-state index in [9.17, 15) is 9.59 Å². The minimum Gasteiger partial charge on any atom is -0.481 e. The van der Waals surface area contributed by atoms with E-state index in [0.29, 0.717) is 6.54 Å². The molecule has 0 saturated carbocycles. The summed E-state index contributed by atoms with van der Waals surface area (Å²) < 4.78 is 0. The highest BCUT2D eigenvalue weighted by Crippen LogP contribution is 2.21. The lowest BCUT2D eigenvalue weighted by molar-refractivity contribution is -0.138. The van der Waals surface area contributed by atoms with Crippen molar-refractivity contribution < 1.29 is 14.7 Å². The Balaban J connectivity index is 1.83. The van der Waals surface area contributed by atoms with Gasteiger partial charge >= 0.3 is 5.97 Å². The van der Waals surface area contributed by atoms with Gasteiger partial charge in [-0.05, 0) is 31.7 Å². The third kappa shape index (κ3) is 2.52. The van der Waals surface area contributed by atoms with Crippen LogP contribution in [0.25, 0.3) is 0 Å². The monoisotopic (exact) mass is 226 g/mol. The Morgan fingerprint density at radius 1 is 1.38 bits per heavy atom. The molecule has 5 heteroatoms. The van der Waals surface area contributed by atoms with Gasteiger partial charge in [-0.25, -0.2) is 0 Å². The van der Waals surface area contributed by atoms with Crippen molar-refractivity contribution in [2.24, 2.45) is 5.92 Å². The minimum absolute atomic E-state index is 0.0245. The van der Waals surface area contributed by atoms with Gasteiger partial charge < -0.3 is 15.3 Å². The van der Waals surface area contributed by atoms with Crippen LogP contribution >= 0.6 is 0 Å². The number of aliphatic carboxylic acids is 1. The smallest absolute Gasteiger partial charge is 0.303 e. The Kier molecular flexibility index (Phi) is 3.43. The molecule has 0 bridgehead atoms. The second-order valence-corrected chi connectivity index (χ2v) is 4.69. The number of carboxylic acids is 1. The quantitative estimate of drug-likeness (QED) is 0.714. The Morgan fingerprint density at radius 2 is 2.19 bits per heavy atom. The maximum Gasteiger partial charge on any atom is 0.303 e. The van der Waals surface area contributed by atoms with E-state index in [0.717, 1.165) is 32.4 Å². The van der Waals surface area contributed by atoms with Gasteiger partial charge in [-0.2, -0.15) is 0 Å². The fourth-order valence-electron chi connectivity index (χ4n) is 2.56. The highest BCUT2D eigenvalue weighted by atomic mass is 16.4. The van der Waals surface area contributed by atoms with Gasteiger partial charge in [-0.15, -0.1) is 0 Å². The summed E-state index contributed by atoms with van der Waals surface area (Å²) >= 11 is 0. The highest BCUT2D eigenvalue weighted by Gasteiger charge is 2.32. The maximum atomic E-state index is 12.0. The second kappa shape index (κ2) is 4.82. The predicted molar refractivity (Wildman–Crippen MR) is 58.0 cm³/mol. The molecule has 0 aromatic heterocycles. The first-order valence-corrected chi connectivity index (χ1v) is 5.91. The molecule has 2 atom stereocenters. The number of nitrogens with zero attached hydrogens (tertiary/aromatic N) is 1. The first kappa shape index (κ1) is 11.4. The number of nitrogens with one attached hydrogen (secondary N) is 1. The van der Waals surface area contributed by atoms with Gasteiger partial charge in [0.15, 0.2) is 0 Å². The zero-order valence-corrected chi connectivity index (χ0v) is 9.32. The Hall–Kier alpha value is -1.10. The van der Waals surface area contributed by atoms with Gasteiger partial charge in [0.1, 0.15) is 0 Å². The lowest BCUT2D eigenvalue weighted by Gasteiger charge is -2.20. The van der Waals surface area contributed by atoms with Gasteiger partial charge in [-0.3, -0.25) is 9.59 Å². The zero-order chi connectivity index (χ0) is 11.5. The van der Waals surface area contributed by atoms with Crippen LogP contribution in [0.1, 0.15) is 25.7 Å². The number of hydrogen-bond donors (Lipinski definition) is 2. The largest absolute Gasteiger partial charge is 0.481 e. The Morgan fingerprint density at radius 3 is 2.81 bits per heavy atom. The summed E-state index contributed by atoms with van der Waals surface area (Å²) in [5.74, 6) is -0.466. The third-order valence-electron chi connectivity index (χ3n) is 3.42. The van der Waals surface area contributed by atoms with E-state index in [1.54, 1.807) is 0 Å². The van der Waals surface area contributed by atoms with Crippen molar-refractivity contribution >= 4 is 11.9 Å². The van der Waals surface area contributed by atoms with Crippen LogP contribution in [0.15, 0.2) is 0 Å². The fourth-order valence-corrected chi connectivity index (χ4v) is 2.56. The lowest BCUT2D eigenvalue weighted by atomic mass is 10.1. The van der Waals surface area contributed by atoms with Gasteiger partial charge in [0.25, 0.3) is 0 Å². The van der Waals surface area contributed by atoms with Crippen LogP contribution in [-0.4, -0.2) is 47.6 Å². The first-order chi connectivity index (χ1) is 7.66. The fraction of sp³-hybridized carbons (Fsp3) is 0.818. The van der Waals surface area contributed by atoms with E-state index in [4.69, 9.17) is 5.11 Å². The summed E-state index contributed by atoms with van der Waals surface area (Å²) in [6, 6.07) is -0.0245. The third-order valence-corrected chi connectivity index (χ3v) is 3.42. The number of carbonyl (C=O) groups is 2. The molecule has 2 N–H and O–H groups in total. The number of rotatable bonds is 3. The Bertz CT molecular complexity index is 287. The molecule has 2 aliphatic heterocycles. The molecule has 2 aliphatic rings. The maximum absolute atomic E-state index is 12.0. The van der Waals surface area contributed by atoms with Crippen molar-refractivity contribution in [2.45, 2.75) is 31.7 Å². The summed E-state index contributed by atoms with van der Waals surface area (Å²) in [5, 5.41) is 11.9. The molecule has 0 aliphatic carbocycles. The van der Waals surface area contributed by atoms with Crippen molar-refractivity contribution in [1.29, 1.82) is 0 Å². The van der Waals surface area contributed by atoms with Crippen molar-refractivity contribution in [2.75, 3.05) is 19.6 Å². The van der Waals surface area contributed by atoms with Crippen molar-refractivity contribution in [3.63, 3.8) is 0 Å². The molecule has 90 valence electrons. The summed E-state index contributed by atoms with van der Waals surface area (Å²) in [7, 11) is 0. The minimum atomic E-state index is -0.765. The van der Waals surface area contributed by atoms with Crippen LogP contribution < -0.4 is 5.32 Å². The number of carbonyl (C=O) groups excluding carboxylic acids is 1. The van der Waals surface area contributed by atoms with E-state index in [1.807, 2.05) is 4.90 Å². The molecule has 2 rings (SSSR count). The SMILES string of the molecule is O=C(O)CC1CCN(C(=O)[C@H]2CCCN2)C1. The number of hydrogen-bond acceptors (Lipinski definition) is 3. The molecule has 16 heavy (non-hydrogen) atoms. The van der Waals surface area contributed by atoms with Gasteiger partial charge in [0.05, 0.1) is 6.04 Å². The predicted octanol–water partition coefficient (Wildman–Crippen LogP) is 0.0616. The molecular weight excluding hydrogens is 208 g/mol. The lowest BCUT2D eigenvalue weighted by Crippen LogP contribution is -2.42. The molecular formula is C11H18N2O3. The van der Waals surface area contributed by atoms with Crippen LogP contribution in [0.5, 0.6) is 0 Å². The number of amides is 1. The topological polar surface area (TPSA) is 69.6 Å². The van der Waals surface area contributed by atoms with Crippen molar-refractivity contribution in [3.8, 4) is 0 Å². The number of likely N-dealkylation sites (tertiary alicyclic amines) is 1. The molecule has 0 radical (unpaired) electrons. The molecule has 0 aromatic rings.